The topological polar surface area (TPSA) is 0 Å². The summed E-state index contributed by atoms with van der Waals surface area (Å²) in [5.74, 6) is 0. The van der Waals surface area contributed by atoms with Gasteiger partial charge >= 0.3 is 0 Å². The highest BCUT2D eigenvalue weighted by Gasteiger charge is 2.40. The van der Waals surface area contributed by atoms with Crippen LogP contribution >= 0.6 is 0 Å². The minimum atomic E-state index is -0.435. The monoisotopic (exact) mass is 425 g/mol. The molecule has 31 heavy (non-hydrogen) atoms. The molecule has 1 saturated heterocycles. The third-order valence-corrected chi connectivity index (χ3v) is 11.0. The van der Waals surface area contributed by atoms with Crippen LogP contribution in [-0.4, -0.2) is 8.80 Å². The molecule has 1 heterocycles. The van der Waals surface area contributed by atoms with E-state index in [4.69, 9.17) is 0 Å². The molecule has 1 unspecified atom stereocenters. The van der Waals surface area contributed by atoms with Gasteiger partial charge in [-0.05, 0) is 61.8 Å². The van der Waals surface area contributed by atoms with Crippen LogP contribution in [-0.2, 0) is 10.8 Å². The number of benzene rings is 2. The summed E-state index contributed by atoms with van der Waals surface area (Å²) in [6.07, 6.45) is 10.9. The van der Waals surface area contributed by atoms with Crippen molar-refractivity contribution in [3.8, 4) is 11.1 Å². The first-order valence-electron chi connectivity index (χ1n) is 12.2. The van der Waals surface area contributed by atoms with E-state index in [1.54, 1.807) is 16.7 Å². The Bertz CT molecular complexity index is 1080. The molecule has 161 valence electrons. The lowest BCUT2D eigenvalue weighted by atomic mass is 9.78. The van der Waals surface area contributed by atoms with Gasteiger partial charge in [-0.1, -0.05) is 115 Å². The third-order valence-electron chi connectivity index (χ3n) is 7.61. The Morgan fingerprint density at radius 2 is 1.55 bits per heavy atom. The molecule has 0 bridgehead atoms. The molecule has 3 aliphatic rings. The van der Waals surface area contributed by atoms with E-state index in [-0.39, 0.29) is 10.8 Å². The zero-order valence-corrected chi connectivity index (χ0v) is 21.2. The molecule has 0 amide bonds. The van der Waals surface area contributed by atoms with Crippen molar-refractivity contribution in [3.63, 3.8) is 0 Å². The zero-order chi connectivity index (χ0) is 22.0. The standard InChI is InChI=1S/C30H37Si/c1-29(2,3)21-13-14-22-23-15-16-25(30(4,5)6)26(20-11-7-8-12-20)27(23)28(24(22)19-21)31-17-9-10-18-31/h7-8,11,13-16,19,28H,9-10,12,17-18H2,1-6H3. The molecule has 0 nitrogen and oxygen atoms in total. The maximum absolute atomic E-state index is 2.60. The maximum atomic E-state index is 2.60. The van der Waals surface area contributed by atoms with Crippen LogP contribution in [0.15, 0.2) is 48.6 Å². The first-order valence-corrected chi connectivity index (χ1v) is 14.2. The largest absolute Gasteiger partial charge is 0.0801 e. The Morgan fingerprint density at radius 3 is 2.16 bits per heavy atom. The summed E-state index contributed by atoms with van der Waals surface area (Å²) in [6, 6.07) is 15.3. The zero-order valence-electron chi connectivity index (χ0n) is 20.2. The van der Waals surface area contributed by atoms with E-state index in [1.165, 1.54) is 52.8 Å². The highest BCUT2D eigenvalue weighted by atomic mass is 28.3. The lowest BCUT2D eigenvalue weighted by Crippen LogP contribution is -2.23. The Balaban J connectivity index is 1.80. The van der Waals surface area contributed by atoms with Gasteiger partial charge in [0, 0.05) is 5.54 Å². The van der Waals surface area contributed by atoms with Crippen molar-refractivity contribution in [3.05, 3.63) is 76.4 Å². The van der Waals surface area contributed by atoms with Gasteiger partial charge in [-0.3, -0.25) is 0 Å². The number of hydrogen-bond donors (Lipinski definition) is 0. The smallest absolute Gasteiger partial charge is 0.0621 e. The van der Waals surface area contributed by atoms with Crippen molar-refractivity contribution in [1.29, 1.82) is 0 Å². The molecule has 2 aromatic rings. The van der Waals surface area contributed by atoms with Crippen LogP contribution in [0, 0.1) is 0 Å². The van der Waals surface area contributed by atoms with Crippen molar-refractivity contribution >= 4 is 14.4 Å². The lowest BCUT2D eigenvalue weighted by molar-refractivity contribution is 0.587. The van der Waals surface area contributed by atoms with Gasteiger partial charge in [0.05, 0.1) is 8.80 Å². The Kier molecular flexibility index (Phi) is 4.97. The summed E-state index contributed by atoms with van der Waals surface area (Å²) >= 11 is 0. The first kappa shape index (κ1) is 21.0. The van der Waals surface area contributed by atoms with Crippen LogP contribution in [0.5, 0.6) is 0 Å². The summed E-state index contributed by atoms with van der Waals surface area (Å²) in [7, 11) is -0.435. The molecule has 0 aromatic heterocycles. The lowest BCUT2D eigenvalue weighted by Gasteiger charge is -2.30. The molecule has 0 spiro atoms. The predicted octanol–water partition coefficient (Wildman–Crippen LogP) is 8.57. The van der Waals surface area contributed by atoms with Crippen LogP contribution in [0.2, 0.25) is 12.1 Å². The second kappa shape index (κ2) is 7.34. The molecule has 1 fully saturated rings. The number of allylic oxidation sites excluding steroid dienone is 4. The second-order valence-electron chi connectivity index (χ2n) is 11.9. The molecule has 1 radical (unpaired) electrons. The van der Waals surface area contributed by atoms with E-state index in [2.05, 4.69) is 90.1 Å². The fraction of sp³-hybridized carbons (Fsp3) is 0.467. The second-order valence-corrected chi connectivity index (χ2v) is 14.8. The molecule has 0 saturated carbocycles. The number of hydrogen-bond acceptors (Lipinski definition) is 0. The van der Waals surface area contributed by atoms with Crippen molar-refractivity contribution in [1.82, 2.24) is 0 Å². The summed E-state index contributed by atoms with van der Waals surface area (Å²) in [5, 5.41) is 0. The molecular formula is C30H37Si. The Morgan fingerprint density at radius 1 is 0.839 bits per heavy atom. The number of fused-ring (bicyclic) bond motifs is 3. The molecule has 0 N–H and O–H groups in total. The van der Waals surface area contributed by atoms with Crippen molar-refractivity contribution < 1.29 is 0 Å². The van der Waals surface area contributed by atoms with Gasteiger partial charge in [-0.2, -0.15) is 0 Å². The summed E-state index contributed by atoms with van der Waals surface area (Å²) in [6.45, 7) is 14.2. The van der Waals surface area contributed by atoms with E-state index >= 15 is 0 Å². The summed E-state index contributed by atoms with van der Waals surface area (Å²) in [4.78, 5) is 0. The van der Waals surface area contributed by atoms with Gasteiger partial charge in [-0.15, -0.1) is 0 Å². The van der Waals surface area contributed by atoms with E-state index in [0.29, 0.717) is 5.54 Å². The predicted molar refractivity (Wildman–Crippen MR) is 137 cm³/mol. The van der Waals surface area contributed by atoms with E-state index in [0.717, 1.165) is 6.42 Å². The SMILES string of the molecule is CC(C)(C)c1ccc2c(c1)C([Si]1CCCC1)c1c-2ccc(C(C)(C)C)c1C1=CC=CC1. The van der Waals surface area contributed by atoms with Gasteiger partial charge < -0.3 is 0 Å². The average Bonchev–Trinajstić information content (AvgIpc) is 3.44. The van der Waals surface area contributed by atoms with Gasteiger partial charge in [0.15, 0.2) is 0 Å². The fourth-order valence-electron chi connectivity index (χ4n) is 5.97. The van der Waals surface area contributed by atoms with Crippen LogP contribution in [0.4, 0.5) is 0 Å². The summed E-state index contributed by atoms with van der Waals surface area (Å²) in [5.41, 5.74) is 13.5. The molecular weight excluding hydrogens is 388 g/mol. The minimum absolute atomic E-state index is 0.150. The normalized spacial score (nSPS) is 20.8. The molecule has 2 aromatic carbocycles. The fourth-order valence-corrected chi connectivity index (χ4v) is 9.59. The molecule has 1 aliphatic heterocycles. The van der Waals surface area contributed by atoms with Gasteiger partial charge in [0.2, 0.25) is 0 Å². The summed E-state index contributed by atoms with van der Waals surface area (Å²) < 4.78 is 0. The van der Waals surface area contributed by atoms with Crippen LogP contribution in [0.3, 0.4) is 0 Å². The van der Waals surface area contributed by atoms with Gasteiger partial charge in [0.1, 0.15) is 0 Å². The van der Waals surface area contributed by atoms with E-state index in [9.17, 15) is 0 Å². The minimum Gasteiger partial charge on any atom is -0.0801 e. The van der Waals surface area contributed by atoms with E-state index in [1.807, 2.05) is 0 Å². The molecule has 2 aliphatic carbocycles. The van der Waals surface area contributed by atoms with E-state index < -0.39 is 8.80 Å². The van der Waals surface area contributed by atoms with Crippen LogP contribution in [0.1, 0.15) is 94.2 Å². The molecule has 5 rings (SSSR count). The van der Waals surface area contributed by atoms with Crippen LogP contribution < -0.4 is 0 Å². The highest BCUT2D eigenvalue weighted by Crippen LogP contribution is 2.54. The Labute approximate surface area is 191 Å². The van der Waals surface area contributed by atoms with Crippen molar-refractivity contribution in [2.75, 3.05) is 0 Å². The maximum Gasteiger partial charge on any atom is 0.0621 e. The highest BCUT2D eigenvalue weighted by molar-refractivity contribution is 6.62. The number of rotatable bonds is 2. The van der Waals surface area contributed by atoms with Crippen molar-refractivity contribution in [2.24, 2.45) is 0 Å². The van der Waals surface area contributed by atoms with Gasteiger partial charge in [-0.25, -0.2) is 0 Å². The Hall–Kier alpha value is -1.86. The van der Waals surface area contributed by atoms with Gasteiger partial charge in [0.25, 0.3) is 0 Å². The third kappa shape index (κ3) is 3.50. The van der Waals surface area contributed by atoms with Crippen molar-refractivity contribution in [2.45, 2.75) is 89.3 Å². The molecule has 1 heteroatoms. The quantitative estimate of drug-likeness (QED) is 0.423. The molecule has 1 atom stereocenters. The van der Waals surface area contributed by atoms with Crippen LogP contribution in [0.25, 0.3) is 16.7 Å². The first-order chi connectivity index (χ1) is 14.7. The average molecular weight is 426 g/mol.